The van der Waals surface area contributed by atoms with Crippen molar-refractivity contribution in [3.63, 3.8) is 0 Å². The molecule has 3 heteroatoms. The number of para-hydroxylation sites is 1. The standard InChI is InChI=1S/C27H42NO2/c1-4-5-6-7-8-13-20-27(30-26-18-14-10-15-19-26)24-29-22-21-28(2,3)23-25-16-11-9-12-17-25/h9-12,14-19,27H,4-8,13,20-24H2,1-3H3/q+1. The van der Waals surface area contributed by atoms with Gasteiger partial charge < -0.3 is 14.0 Å². The van der Waals surface area contributed by atoms with E-state index in [0.29, 0.717) is 6.61 Å². The molecule has 0 amide bonds. The van der Waals surface area contributed by atoms with Crippen LogP contribution in [0.5, 0.6) is 5.75 Å². The zero-order valence-corrected chi connectivity index (χ0v) is 19.4. The number of ether oxygens (including phenoxy) is 2. The van der Waals surface area contributed by atoms with Crippen LogP contribution in [-0.2, 0) is 11.3 Å². The molecule has 0 aliphatic rings. The van der Waals surface area contributed by atoms with Crippen molar-refractivity contribution in [3.8, 4) is 5.75 Å². The molecule has 1 unspecified atom stereocenters. The zero-order chi connectivity index (χ0) is 21.5. The van der Waals surface area contributed by atoms with Crippen LogP contribution in [0, 0.1) is 0 Å². The van der Waals surface area contributed by atoms with Crippen LogP contribution in [0.4, 0.5) is 0 Å². The maximum atomic E-state index is 6.24. The lowest BCUT2D eigenvalue weighted by Gasteiger charge is -2.30. The number of likely N-dealkylation sites (N-methyl/N-ethyl adjacent to an activating group) is 1. The van der Waals surface area contributed by atoms with Gasteiger partial charge in [-0.15, -0.1) is 0 Å². The second kappa shape index (κ2) is 14.2. The molecule has 0 bridgehead atoms. The van der Waals surface area contributed by atoms with Gasteiger partial charge >= 0.3 is 0 Å². The molecular formula is C27H42NO2+. The molecule has 3 nitrogen and oxygen atoms in total. The third-order valence-corrected chi connectivity index (χ3v) is 5.52. The first-order chi connectivity index (χ1) is 14.6. The Labute approximate surface area is 184 Å². The minimum absolute atomic E-state index is 0.128. The van der Waals surface area contributed by atoms with E-state index in [0.717, 1.165) is 36.3 Å². The molecule has 0 spiro atoms. The Morgan fingerprint density at radius 2 is 1.43 bits per heavy atom. The quantitative estimate of drug-likeness (QED) is 0.232. The van der Waals surface area contributed by atoms with Gasteiger partial charge in [-0.3, -0.25) is 0 Å². The molecule has 0 saturated heterocycles. The van der Waals surface area contributed by atoms with Crippen molar-refractivity contribution in [1.82, 2.24) is 0 Å². The Hall–Kier alpha value is -1.84. The number of benzene rings is 2. The summed E-state index contributed by atoms with van der Waals surface area (Å²) in [5.41, 5.74) is 1.37. The van der Waals surface area contributed by atoms with Gasteiger partial charge in [0, 0.05) is 5.56 Å². The number of hydrogen-bond donors (Lipinski definition) is 0. The first kappa shape index (κ1) is 24.4. The molecule has 0 aliphatic carbocycles. The summed E-state index contributed by atoms with van der Waals surface area (Å²) in [4.78, 5) is 0. The minimum atomic E-state index is 0.128. The van der Waals surface area contributed by atoms with E-state index in [9.17, 15) is 0 Å². The number of nitrogens with zero attached hydrogens (tertiary/aromatic N) is 1. The van der Waals surface area contributed by atoms with E-state index in [2.05, 4.69) is 51.4 Å². The molecule has 0 radical (unpaired) electrons. The Balaban J connectivity index is 1.73. The van der Waals surface area contributed by atoms with E-state index >= 15 is 0 Å². The van der Waals surface area contributed by atoms with Crippen molar-refractivity contribution in [2.75, 3.05) is 33.9 Å². The van der Waals surface area contributed by atoms with E-state index in [1.165, 1.54) is 44.1 Å². The van der Waals surface area contributed by atoms with E-state index < -0.39 is 0 Å². The molecule has 166 valence electrons. The van der Waals surface area contributed by atoms with E-state index in [1.54, 1.807) is 0 Å². The molecule has 30 heavy (non-hydrogen) atoms. The molecule has 0 N–H and O–H groups in total. The highest BCUT2D eigenvalue weighted by molar-refractivity contribution is 5.21. The van der Waals surface area contributed by atoms with Gasteiger partial charge in [-0.1, -0.05) is 87.6 Å². The predicted octanol–water partition coefficient (Wildman–Crippen LogP) is 6.48. The molecular weight excluding hydrogens is 370 g/mol. The van der Waals surface area contributed by atoms with Crippen molar-refractivity contribution in [2.24, 2.45) is 0 Å². The summed E-state index contributed by atoms with van der Waals surface area (Å²) in [6, 6.07) is 20.9. The lowest BCUT2D eigenvalue weighted by molar-refractivity contribution is -0.904. The van der Waals surface area contributed by atoms with Crippen LogP contribution in [0.15, 0.2) is 60.7 Å². The first-order valence-corrected chi connectivity index (χ1v) is 11.7. The molecule has 1 atom stereocenters. The Morgan fingerprint density at radius 3 is 2.13 bits per heavy atom. The average molecular weight is 413 g/mol. The van der Waals surface area contributed by atoms with E-state index in [1.807, 2.05) is 30.3 Å². The van der Waals surface area contributed by atoms with Crippen LogP contribution in [0.2, 0.25) is 0 Å². The fourth-order valence-corrected chi connectivity index (χ4v) is 3.70. The fraction of sp³-hybridized carbons (Fsp3) is 0.556. The number of unbranched alkanes of at least 4 members (excludes halogenated alkanes) is 5. The number of rotatable bonds is 16. The molecule has 2 aromatic carbocycles. The summed E-state index contributed by atoms with van der Waals surface area (Å²) >= 11 is 0. The first-order valence-electron chi connectivity index (χ1n) is 11.7. The maximum absolute atomic E-state index is 6.24. The summed E-state index contributed by atoms with van der Waals surface area (Å²) in [6.07, 6.45) is 9.02. The Kier molecular flexibility index (Phi) is 11.6. The third kappa shape index (κ3) is 10.8. The number of quaternary nitrogens is 1. The van der Waals surface area contributed by atoms with Gasteiger partial charge in [0.05, 0.1) is 27.3 Å². The summed E-state index contributed by atoms with van der Waals surface area (Å²) in [5.74, 6) is 0.942. The van der Waals surface area contributed by atoms with Crippen molar-refractivity contribution < 1.29 is 14.0 Å². The summed E-state index contributed by atoms with van der Waals surface area (Å²) in [7, 11) is 4.54. The van der Waals surface area contributed by atoms with Crippen molar-refractivity contribution in [2.45, 2.75) is 64.5 Å². The smallest absolute Gasteiger partial charge is 0.122 e. The van der Waals surface area contributed by atoms with Crippen molar-refractivity contribution in [1.29, 1.82) is 0 Å². The lowest BCUT2D eigenvalue weighted by atomic mass is 10.1. The highest BCUT2D eigenvalue weighted by Gasteiger charge is 2.17. The second-order valence-corrected chi connectivity index (χ2v) is 8.99. The van der Waals surface area contributed by atoms with Crippen LogP contribution in [0.3, 0.4) is 0 Å². The van der Waals surface area contributed by atoms with Crippen LogP contribution >= 0.6 is 0 Å². The van der Waals surface area contributed by atoms with Gasteiger partial charge in [0.25, 0.3) is 0 Å². The van der Waals surface area contributed by atoms with Gasteiger partial charge in [-0.05, 0) is 25.0 Å². The summed E-state index contributed by atoms with van der Waals surface area (Å²) in [5, 5.41) is 0. The molecule has 0 aliphatic heterocycles. The van der Waals surface area contributed by atoms with Crippen LogP contribution in [0.1, 0.15) is 57.4 Å². The third-order valence-electron chi connectivity index (χ3n) is 5.52. The van der Waals surface area contributed by atoms with Gasteiger partial charge in [0.2, 0.25) is 0 Å². The highest BCUT2D eigenvalue weighted by Crippen LogP contribution is 2.16. The van der Waals surface area contributed by atoms with Gasteiger partial charge in [-0.25, -0.2) is 0 Å². The maximum Gasteiger partial charge on any atom is 0.122 e. The summed E-state index contributed by atoms with van der Waals surface area (Å²) in [6.45, 7) is 5.69. The topological polar surface area (TPSA) is 18.5 Å². The van der Waals surface area contributed by atoms with Gasteiger partial charge in [0.15, 0.2) is 0 Å². The second-order valence-electron chi connectivity index (χ2n) is 8.99. The fourth-order valence-electron chi connectivity index (χ4n) is 3.70. The minimum Gasteiger partial charge on any atom is -0.488 e. The molecule has 0 fully saturated rings. The Morgan fingerprint density at radius 1 is 0.800 bits per heavy atom. The highest BCUT2D eigenvalue weighted by atomic mass is 16.5. The van der Waals surface area contributed by atoms with E-state index in [4.69, 9.17) is 9.47 Å². The molecule has 0 aromatic heterocycles. The normalized spacial score (nSPS) is 12.6. The lowest BCUT2D eigenvalue weighted by Crippen LogP contribution is -2.41. The van der Waals surface area contributed by atoms with E-state index in [-0.39, 0.29) is 6.10 Å². The van der Waals surface area contributed by atoms with Gasteiger partial charge in [-0.2, -0.15) is 0 Å². The Bertz CT molecular complexity index is 657. The van der Waals surface area contributed by atoms with Crippen LogP contribution < -0.4 is 4.74 Å². The molecule has 0 saturated carbocycles. The average Bonchev–Trinajstić information content (AvgIpc) is 2.74. The van der Waals surface area contributed by atoms with Crippen LogP contribution in [0.25, 0.3) is 0 Å². The van der Waals surface area contributed by atoms with Gasteiger partial charge in [0.1, 0.15) is 24.9 Å². The predicted molar refractivity (Wildman–Crippen MR) is 127 cm³/mol. The number of hydrogen-bond acceptors (Lipinski definition) is 2. The van der Waals surface area contributed by atoms with Crippen molar-refractivity contribution >= 4 is 0 Å². The summed E-state index contributed by atoms with van der Waals surface area (Å²) < 4.78 is 13.3. The zero-order valence-electron chi connectivity index (χ0n) is 19.4. The SMILES string of the molecule is CCCCCCCCC(COCC[N+](C)(C)Cc1ccccc1)Oc1ccccc1. The van der Waals surface area contributed by atoms with Crippen molar-refractivity contribution in [3.05, 3.63) is 66.2 Å². The molecule has 2 rings (SSSR count). The monoisotopic (exact) mass is 412 g/mol. The largest absolute Gasteiger partial charge is 0.488 e. The molecule has 2 aromatic rings. The van der Waals surface area contributed by atoms with Crippen LogP contribution in [-0.4, -0.2) is 44.4 Å². The molecule has 0 heterocycles.